The average molecular weight is 377 g/mol. The summed E-state index contributed by atoms with van der Waals surface area (Å²) < 4.78 is 5.70. The van der Waals surface area contributed by atoms with Crippen molar-refractivity contribution in [3.05, 3.63) is 65.9 Å². The Morgan fingerprint density at radius 1 is 1.11 bits per heavy atom. The molecule has 0 saturated carbocycles. The fourth-order valence-corrected chi connectivity index (χ4v) is 3.57. The molecule has 2 heterocycles. The highest BCUT2D eigenvalue weighted by Gasteiger charge is 2.37. The molecule has 0 radical (unpaired) electrons. The Labute approximate surface area is 163 Å². The van der Waals surface area contributed by atoms with Gasteiger partial charge >= 0.3 is 6.03 Å². The predicted octanol–water partition coefficient (Wildman–Crippen LogP) is 3.41. The Balaban J connectivity index is 1.32. The van der Waals surface area contributed by atoms with Gasteiger partial charge in [0, 0.05) is 30.1 Å². The molecule has 144 valence electrons. The Bertz CT molecular complexity index is 1010. The van der Waals surface area contributed by atoms with Crippen LogP contribution < -0.4 is 10.1 Å². The lowest BCUT2D eigenvalue weighted by atomic mass is 10.1. The number of amides is 3. The summed E-state index contributed by atoms with van der Waals surface area (Å²) in [5.74, 6) is 0.625. The number of nitrogens with zero attached hydrogens (tertiary/aromatic N) is 1. The van der Waals surface area contributed by atoms with Gasteiger partial charge in [-0.1, -0.05) is 30.3 Å². The maximum atomic E-state index is 12.7. The van der Waals surface area contributed by atoms with E-state index in [9.17, 15) is 9.59 Å². The van der Waals surface area contributed by atoms with E-state index in [1.54, 1.807) is 0 Å². The van der Waals surface area contributed by atoms with Gasteiger partial charge in [0.1, 0.15) is 11.8 Å². The molecule has 28 heavy (non-hydrogen) atoms. The number of hydrogen-bond donors (Lipinski definition) is 2. The van der Waals surface area contributed by atoms with Crippen LogP contribution in [-0.2, 0) is 11.2 Å². The number of aromatic amines is 1. The standard InChI is InChI=1S/C22H23N3O3/c1-15-6-4-7-17(12-15)28-11-5-10-25-21(26)20(24-22(25)27)13-16-14-23-19-9-3-2-8-18(16)19/h2-4,6-9,12,14,20,23H,5,10-11,13H2,1H3,(H,24,27). The van der Waals surface area contributed by atoms with E-state index in [4.69, 9.17) is 4.74 Å². The van der Waals surface area contributed by atoms with Crippen LogP contribution in [0.25, 0.3) is 10.9 Å². The molecule has 1 fully saturated rings. The molecule has 6 heteroatoms. The first kappa shape index (κ1) is 18.1. The van der Waals surface area contributed by atoms with E-state index in [0.29, 0.717) is 26.0 Å². The average Bonchev–Trinajstić information content (AvgIpc) is 3.21. The molecular formula is C22H23N3O3. The minimum absolute atomic E-state index is 0.175. The molecule has 1 atom stereocenters. The molecule has 1 aliphatic heterocycles. The first-order valence-electron chi connectivity index (χ1n) is 9.48. The number of imide groups is 1. The quantitative estimate of drug-likeness (QED) is 0.489. The highest BCUT2D eigenvalue weighted by molar-refractivity contribution is 6.04. The highest BCUT2D eigenvalue weighted by Crippen LogP contribution is 2.21. The smallest absolute Gasteiger partial charge is 0.324 e. The second-order valence-corrected chi connectivity index (χ2v) is 7.07. The van der Waals surface area contributed by atoms with Crippen molar-refractivity contribution in [2.24, 2.45) is 0 Å². The van der Waals surface area contributed by atoms with Gasteiger partial charge in [-0.15, -0.1) is 0 Å². The Hall–Kier alpha value is -3.28. The summed E-state index contributed by atoms with van der Waals surface area (Å²) in [6, 6.07) is 14.9. The third-order valence-electron chi connectivity index (χ3n) is 4.99. The van der Waals surface area contributed by atoms with Crippen LogP contribution >= 0.6 is 0 Å². The number of benzene rings is 2. The molecule has 0 spiro atoms. The predicted molar refractivity (Wildman–Crippen MR) is 107 cm³/mol. The maximum Gasteiger partial charge on any atom is 0.324 e. The molecule has 1 saturated heterocycles. The van der Waals surface area contributed by atoms with E-state index in [2.05, 4.69) is 10.3 Å². The number of H-pyrrole nitrogens is 1. The van der Waals surface area contributed by atoms with Gasteiger partial charge in [-0.25, -0.2) is 4.79 Å². The van der Waals surface area contributed by atoms with Crippen molar-refractivity contribution in [2.75, 3.05) is 13.2 Å². The van der Waals surface area contributed by atoms with Gasteiger partial charge in [0.2, 0.25) is 0 Å². The van der Waals surface area contributed by atoms with Crippen LogP contribution in [0.4, 0.5) is 4.79 Å². The number of urea groups is 1. The van der Waals surface area contributed by atoms with Gasteiger partial charge in [-0.2, -0.15) is 0 Å². The van der Waals surface area contributed by atoms with E-state index in [1.165, 1.54) is 4.90 Å². The van der Waals surface area contributed by atoms with E-state index < -0.39 is 6.04 Å². The van der Waals surface area contributed by atoms with Gasteiger partial charge in [0.25, 0.3) is 5.91 Å². The molecule has 1 unspecified atom stereocenters. The molecule has 2 aromatic carbocycles. The van der Waals surface area contributed by atoms with Crippen molar-refractivity contribution in [1.29, 1.82) is 0 Å². The largest absolute Gasteiger partial charge is 0.494 e. The second-order valence-electron chi connectivity index (χ2n) is 7.07. The zero-order valence-corrected chi connectivity index (χ0v) is 15.8. The monoisotopic (exact) mass is 377 g/mol. The van der Waals surface area contributed by atoms with Gasteiger partial charge in [-0.05, 0) is 42.7 Å². The Morgan fingerprint density at radius 3 is 2.82 bits per heavy atom. The molecule has 3 amide bonds. The van der Waals surface area contributed by atoms with Gasteiger partial charge < -0.3 is 15.0 Å². The van der Waals surface area contributed by atoms with Gasteiger partial charge in [0.15, 0.2) is 0 Å². The molecule has 1 aliphatic rings. The number of aryl methyl sites for hydroxylation is 1. The summed E-state index contributed by atoms with van der Waals surface area (Å²) in [7, 11) is 0. The van der Waals surface area contributed by atoms with Crippen LogP contribution in [-0.4, -0.2) is 41.0 Å². The molecule has 4 rings (SSSR count). The zero-order valence-electron chi connectivity index (χ0n) is 15.8. The maximum absolute atomic E-state index is 12.7. The number of aromatic nitrogens is 1. The van der Waals surface area contributed by atoms with Crippen LogP contribution in [0.1, 0.15) is 17.5 Å². The lowest BCUT2D eigenvalue weighted by molar-refractivity contribution is -0.127. The lowest BCUT2D eigenvalue weighted by Gasteiger charge is -2.13. The summed E-state index contributed by atoms with van der Waals surface area (Å²) in [5, 5.41) is 3.88. The first-order valence-corrected chi connectivity index (χ1v) is 9.48. The Kier molecular flexibility index (Phi) is 5.02. The molecule has 0 aliphatic carbocycles. The molecule has 1 aromatic heterocycles. The summed E-state index contributed by atoms with van der Waals surface area (Å²) in [5.41, 5.74) is 3.19. The number of fused-ring (bicyclic) bond motifs is 1. The van der Waals surface area contributed by atoms with Crippen molar-refractivity contribution in [1.82, 2.24) is 15.2 Å². The second kappa shape index (κ2) is 7.76. The normalized spacial score (nSPS) is 16.6. The summed E-state index contributed by atoms with van der Waals surface area (Å²) in [6.07, 6.45) is 2.97. The van der Waals surface area contributed by atoms with Gasteiger partial charge in [-0.3, -0.25) is 9.69 Å². The topological polar surface area (TPSA) is 74.4 Å². The first-order chi connectivity index (χ1) is 13.6. The third-order valence-corrected chi connectivity index (χ3v) is 4.99. The zero-order chi connectivity index (χ0) is 19.5. The van der Waals surface area contributed by atoms with Crippen molar-refractivity contribution in [2.45, 2.75) is 25.8 Å². The molecule has 0 bridgehead atoms. The fraction of sp³-hybridized carbons (Fsp3) is 0.273. The number of para-hydroxylation sites is 1. The van der Waals surface area contributed by atoms with Crippen molar-refractivity contribution < 1.29 is 14.3 Å². The van der Waals surface area contributed by atoms with E-state index >= 15 is 0 Å². The molecule has 2 N–H and O–H groups in total. The van der Waals surface area contributed by atoms with Crippen LogP contribution in [0.15, 0.2) is 54.7 Å². The third kappa shape index (κ3) is 3.71. The minimum Gasteiger partial charge on any atom is -0.494 e. The minimum atomic E-state index is -0.524. The fourth-order valence-electron chi connectivity index (χ4n) is 3.57. The van der Waals surface area contributed by atoms with Crippen molar-refractivity contribution >= 4 is 22.8 Å². The highest BCUT2D eigenvalue weighted by atomic mass is 16.5. The van der Waals surface area contributed by atoms with E-state index in [-0.39, 0.29) is 11.9 Å². The number of hydrogen-bond acceptors (Lipinski definition) is 3. The molecule has 6 nitrogen and oxygen atoms in total. The molecular weight excluding hydrogens is 354 g/mol. The summed E-state index contributed by atoms with van der Waals surface area (Å²) in [6.45, 7) is 2.81. The summed E-state index contributed by atoms with van der Waals surface area (Å²) in [4.78, 5) is 29.4. The number of rotatable bonds is 7. The van der Waals surface area contributed by atoms with Crippen LogP contribution in [0.3, 0.4) is 0 Å². The van der Waals surface area contributed by atoms with Crippen LogP contribution in [0.2, 0.25) is 0 Å². The SMILES string of the molecule is Cc1cccc(OCCCN2C(=O)NC(Cc3c[nH]c4ccccc34)C2=O)c1. The van der Waals surface area contributed by atoms with E-state index in [0.717, 1.165) is 27.8 Å². The van der Waals surface area contributed by atoms with Crippen LogP contribution in [0, 0.1) is 6.92 Å². The van der Waals surface area contributed by atoms with Crippen molar-refractivity contribution in [3.63, 3.8) is 0 Å². The summed E-state index contributed by atoms with van der Waals surface area (Å²) >= 11 is 0. The van der Waals surface area contributed by atoms with Crippen molar-refractivity contribution in [3.8, 4) is 5.75 Å². The lowest BCUT2D eigenvalue weighted by Crippen LogP contribution is -2.33. The number of carbonyl (C=O) groups excluding carboxylic acids is 2. The van der Waals surface area contributed by atoms with E-state index in [1.807, 2.05) is 61.7 Å². The Morgan fingerprint density at radius 2 is 1.96 bits per heavy atom. The van der Waals surface area contributed by atoms with Gasteiger partial charge in [0.05, 0.1) is 6.61 Å². The number of ether oxygens (including phenoxy) is 1. The number of carbonyl (C=O) groups is 2. The van der Waals surface area contributed by atoms with Crippen LogP contribution in [0.5, 0.6) is 5.75 Å². The number of nitrogens with one attached hydrogen (secondary N) is 2. The molecule has 3 aromatic rings.